The molecule has 8 heteroatoms. The summed E-state index contributed by atoms with van der Waals surface area (Å²) in [6.07, 6.45) is 1.58. The first kappa shape index (κ1) is 17.5. The van der Waals surface area contributed by atoms with E-state index in [4.69, 9.17) is 26.8 Å². The molecule has 0 spiro atoms. The van der Waals surface area contributed by atoms with Crippen LogP contribution in [0, 0.1) is 0 Å². The van der Waals surface area contributed by atoms with Crippen LogP contribution in [-0.4, -0.2) is 52.2 Å². The van der Waals surface area contributed by atoms with Crippen LogP contribution in [0.3, 0.4) is 0 Å². The van der Waals surface area contributed by atoms with Gasteiger partial charge in [0.25, 0.3) is 0 Å². The molecule has 22 heavy (non-hydrogen) atoms. The van der Waals surface area contributed by atoms with Gasteiger partial charge in [0, 0.05) is 31.3 Å². The molecular formula is C14H21ClN2O4S. The first-order valence-corrected chi connectivity index (χ1v) is 8.95. The third-order valence-corrected chi connectivity index (χ3v) is 5.84. The average Bonchev–Trinajstić information content (AvgIpc) is 2.98. The van der Waals surface area contributed by atoms with Gasteiger partial charge in [-0.3, -0.25) is 0 Å². The number of sulfonamides is 1. The van der Waals surface area contributed by atoms with Crippen molar-refractivity contribution in [2.45, 2.75) is 23.8 Å². The van der Waals surface area contributed by atoms with Crippen molar-refractivity contribution in [2.24, 2.45) is 5.73 Å². The number of nitrogens with two attached hydrogens (primary N) is 1. The Labute approximate surface area is 136 Å². The molecular weight excluding hydrogens is 328 g/mol. The smallest absolute Gasteiger partial charge is 0.247 e. The van der Waals surface area contributed by atoms with Crippen molar-refractivity contribution in [1.82, 2.24) is 4.31 Å². The van der Waals surface area contributed by atoms with E-state index in [0.717, 1.165) is 12.8 Å². The van der Waals surface area contributed by atoms with Crippen molar-refractivity contribution < 1.29 is 17.9 Å². The zero-order valence-electron chi connectivity index (χ0n) is 12.5. The maximum Gasteiger partial charge on any atom is 0.247 e. The lowest BCUT2D eigenvalue weighted by molar-refractivity contribution is 0.144. The van der Waals surface area contributed by atoms with Crippen LogP contribution in [0.4, 0.5) is 0 Å². The molecule has 1 aliphatic heterocycles. The van der Waals surface area contributed by atoms with Crippen LogP contribution in [0.5, 0.6) is 5.75 Å². The fourth-order valence-electron chi connectivity index (χ4n) is 2.53. The third-order valence-electron chi connectivity index (χ3n) is 3.63. The van der Waals surface area contributed by atoms with E-state index < -0.39 is 10.0 Å². The predicted molar refractivity (Wildman–Crippen MR) is 84.8 cm³/mol. The predicted octanol–water partition coefficient (Wildman–Crippen LogP) is 1.48. The number of methoxy groups -OCH3 is 1. The maximum absolute atomic E-state index is 12.9. The Kier molecular flexibility index (Phi) is 6.05. The van der Waals surface area contributed by atoms with Gasteiger partial charge in [0.05, 0.1) is 6.61 Å². The Bertz CT molecular complexity index is 609. The molecule has 1 heterocycles. The zero-order valence-corrected chi connectivity index (χ0v) is 14.1. The first-order chi connectivity index (χ1) is 10.5. The van der Waals surface area contributed by atoms with Crippen LogP contribution in [0.15, 0.2) is 23.1 Å². The van der Waals surface area contributed by atoms with Crippen LogP contribution in [0.25, 0.3) is 0 Å². The molecule has 1 aliphatic rings. The maximum atomic E-state index is 12.9. The number of benzene rings is 1. The van der Waals surface area contributed by atoms with Crippen LogP contribution in [0.2, 0.25) is 5.02 Å². The van der Waals surface area contributed by atoms with Crippen molar-refractivity contribution in [3.63, 3.8) is 0 Å². The van der Waals surface area contributed by atoms with E-state index in [2.05, 4.69) is 0 Å². The van der Waals surface area contributed by atoms with E-state index in [-0.39, 0.29) is 23.3 Å². The summed E-state index contributed by atoms with van der Waals surface area (Å²) < 4.78 is 37.7. The normalized spacial score (nSPS) is 19.5. The second-order valence-electron chi connectivity index (χ2n) is 5.08. The molecule has 124 valence electrons. The van der Waals surface area contributed by atoms with E-state index in [1.165, 1.54) is 10.4 Å². The quantitative estimate of drug-likeness (QED) is 0.755. The van der Waals surface area contributed by atoms with Gasteiger partial charge in [-0.05, 0) is 31.0 Å². The lowest BCUT2D eigenvalue weighted by Gasteiger charge is -2.24. The molecule has 0 bridgehead atoms. The minimum Gasteiger partial charge on any atom is -0.490 e. The largest absolute Gasteiger partial charge is 0.490 e. The molecule has 0 aliphatic carbocycles. The molecule has 2 rings (SSSR count). The van der Waals surface area contributed by atoms with Crippen molar-refractivity contribution in [3.8, 4) is 5.75 Å². The highest BCUT2D eigenvalue weighted by atomic mass is 35.5. The number of halogens is 1. The number of rotatable bonds is 7. The molecule has 0 aromatic heterocycles. The van der Waals surface area contributed by atoms with Crippen molar-refractivity contribution >= 4 is 21.6 Å². The second kappa shape index (κ2) is 7.61. The van der Waals surface area contributed by atoms with Crippen molar-refractivity contribution in [3.05, 3.63) is 23.2 Å². The molecule has 2 N–H and O–H groups in total. The van der Waals surface area contributed by atoms with Gasteiger partial charge in [0.1, 0.15) is 17.3 Å². The molecule has 6 nitrogen and oxygen atoms in total. The Hall–Kier alpha value is -0.860. The highest BCUT2D eigenvalue weighted by molar-refractivity contribution is 7.89. The lowest BCUT2D eigenvalue weighted by atomic mass is 10.2. The fraction of sp³-hybridized carbons (Fsp3) is 0.571. The van der Waals surface area contributed by atoms with E-state index >= 15 is 0 Å². The summed E-state index contributed by atoms with van der Waals surface area (Å²) in [6.45, 7) is 1.41. The van der Waals surface area contributed by atoms with Gasteiger partial charge in [-0.25, -0.2) is 8.42 Å². The number of ether oxygens (including phenoxy) is 2. The third kappa shape index (κ3) is 3.72. The number of hydrogen-bond donors (Lipinski definition) is 1. The van der Waals surface area contributed by atoms with Crippen LogP contribution >= 0.6 is 11.6 Å². The summed E-state index contributed by atoms with van der Waals surface area (Å²) >= 11 is 5.97. The SMILES string of the molecule is COCCOc1ccc(Cl)cc1S(=O)(=O)N1CCC[C@H]1CN. The fourth-order valence-corrected chi connectivity index (χ4v) is 4.63. The first-order valence-electron chi connectivity index (χ1n) is 7.14. The highest BCUT2D eigenvalue weighted by Gasteiger charge is 2.36. The molecule has 1 saturated heterocycles. The van der Waals surface area contributed by atoms with Crippen LogP contribution in [0.1, 0.15) is 12.8 Å². The van der Waals surface area contributed by atoms with Gasteiger partial charge in [0.15, 0.2) is 0 Å². The van der Waals surface area contributed by atoms with E-state index in [0.29, 0.717) is 24.7 Å². The summed E-state index contributed by atoms with van der Waals surface area (Å²) in [5.41, 5.74) is 5.69. The Balaban J connectivity index is 2.34. The van der Waals surface area contributed by atoms with Crippen molar-refractivity contribution in [2.75, 3.05) is 33.4 Å². The molecule has 0 amide bonds. The van der Waals surface area contributed by atoms with Gasteiger partial charge < -0.3 is 15.2 Å². The molecule has 0 saturated carbocycles. The number of nitrogens with zero attached hydrogens (tertiary/aromatic N) is 1. The van der Waals surface area contributed by atoms with E-state index in [1.54, 1.807) is 19.2 Å². The van der Waals surface area contributed by atoms with Gasteiger partial charge in [0.2, 0.25) is 10.0 Å². The van der Waals surface area contributed by atoms with Gasteiger partial charge in [-0.15, -0.1) is 0 Å². The minimum atomic E-state index is -3.69. The topological polar surface area (TPSA) is 81.9 Å². The summed E-state index contributed by atoms with van der Waals surface area (Å²) in [4.78, 5) is 0.0800. The van der Waals surface area contributed by atoms with Crippen LogP contribution in [-0.2, 0) is 14.8 Å². The Morgan fingerprint density at radius 1 is 1.41 bits per heavy atom. The molecule has 0 unspecified atom stereocenters. The van der Waals surface area contributed by atoms with Crippen molar-refractivity contribution in [1.29, 1.82) is 0 Å². The lowest BCUT2D eigenvalue weighted by Crippen LogP contribution is -2.40. The summed E-state index contributed by atoms with van der Waals surface area (Å²) in [7, 11) is -2.13. The summed E-state index contributed by atoms with van der Waals surface area (Å²) in [5.74, 6) is 0.282. The summed E-state index contributed by atoms with van der Waals surface area (Å²) in [6, 6.07) is 4.42. The standard InChI is InChI=1S/C14H21ClN2O4S/c1-20-7-8-21-13-5-4-11(15)9-14(13)22(18,19)17-6-2-3-12(17)10-16/h4-5,9,12H,2-3,6-8,10,16H2,1H3/t12-/m0/s1. The van der Waals surface area contributed by atoms with Gasteiger partial charge in [-0.2, -0.15) is 4.31 Å². The molecule has 1 fully saturated rings. The van der Waals surface area contributed by atoms with E-state index in [1.807, 2.05) is 0 Å². The molecule has 1 aromatic carbocycles. The zero-order chi connectivity index (χ0) is 16.2. The molecule has 1 aromatic rings. The van der Waals surface area contributed by atoms with E-state index in [9.17, 15) is 8.42 Å². The molecule has 1 atom stereocenters. The summed E-state index contributed by atoms with van der Waals surface area (Å²) in [5, 5.41) is 0.348. The minimum absolute atomic E-state index is 0.0800. The monoisotopic (exact) mass is 348 g/mol. The highest BCUT2D eigenvalue weighted by Crippen LogP contribution is 2.33. The Morgan fingerprint density at radius 2 is 2.18 bits per heavy atom. The molecule has 0 radical (unpaired) electrons. The van der Waals surface area contributed by atoms with Gasteiger partial charge in [-0.1, -0.05) is 11.6 Å². The van der Waals surface area contributed by atoms with Crippen LogP contribution < -0.4 is 10.5 Å². The number of hydrogen-bond acceptors (Lipinski definition) is 5. The average molecular weight is 349 g/mol. The Morgan fingerprint density at radius 3 is 2.86 bits per heavy atom. The van der Waals surface area contributed by atoms with Gasteiger partial charge >= 0.3 is 0 Å². The second-order valence-corrected chi connectivity index (χ2v) is 7.38.